The lowest BCUT2D eigenvalue weighted by Crippen LogP contribution is -2.25. The van der Waals surface area contributed by atoms with Gasteiger partial charge in [0.05, 0.1) is 13.3 Å². The molecule has 2 aliphatic rings. The van der Waals surface area contributed by atoms with Crippen molar-refractivity contribution in [1.29, 1.82) is 0 Å². The van der Waals surface area contributed by atoms with Crippen LogP contribution in [0, 0.1) is 0 Å². The highest BCUT2D eigenvalue weighted by atomic mass is 16.5. The summed E-state index contributed by atoms with van der Waals surface area (Å²) in [6.07, 6.45) is 6.47. The molecule has 8 heteroatoms. The first-order chi connectivity index (χ1) is 15.3. The first kappa shape index (κ1) is 19.5. The van der Waals surface area contributed by atoms with Crippen LogP contribution in [0.5, 0.6) is 5.75 Å². The zero-order valence-corrected chi connectivity index (χ0v) is 17.8. The molecule has 0 aliphatic carbocycles. The minimum Gasteiger partial charge on any atom is -0.496 e. The number of rotatable bonds is 6. The van der Waals surface area contributed by atoms with Crippen LogP contribution in [0.4, 0.5) is 17.8 Å². The molecular weight excluding hydrogens is 390 g/mol. The second-order valence-corrected chi connectivity index (χ2v) is 7.92. The van der Waals surface area contributed by atoms with Crippen LogP contribution in [-0.2, 0) is 0 Å². The maximum absolute atomic E-state index is 5.56. The summed E-state index contributed by atoms with van der Waals surface area (Å²) in [7, 11) is 1.67. The van der Waals surface area contributed by atoms with Crippen LogP contribution in [0.3, 0.4) is 0 Å². The quantitative estimate of drug-likeness (QED) is 0.484. The van der Waals surface area contributed by atoms with E-state index in [1.54, 1.807) is 13.3 Å². The van der Waals surface area contributed by atoms with Crippen molar-refractivity contribution in [1.82, 2.24) is 15.0 Å². The van der Waals surface area contributed by atoms with Gasteiger partial charge in [0.1, 0.15) is 5.75 Å². The molecule has 0 unspecified atom stereocenters. The van der Waals surface area contributed by atoms with Gasteiger partial charge < -0.3 is 14.5 Å². The molecule has 0 amide bonds. The Labute approximate surface area is 182 Å². The van der Waals surface area contributed by atoms with Crippen molar-refractivity contribution in [3.63, 3.8) is 0 Å². The first-order valence-corrected chi connectivity index (χ1v) is 10.9. The number of hydrazone groups is 1. The first-order valence-electron chi connectivity index (χ1n) is 10.9. The zero-order valence-electron chi connectivity index (χ0n) is 17.8. The standard InChI is InChI=1S/C23H27N7O/c1-31-20-11-10-17-8-2-3-9-18(17)19(20)16-24-28-21-25-22(29-12-4-5-13-29)27-23(26-21)30-14-6-7-15-30/h2-3,8-11,16H,4-7,12-15H2,1H3,(H,25,26,27,28). The van der Waals surface area contributed by atoms with Crippen molar-refractivity contribution >= 4 is 34.8 Å². The van der Waals surface area contributed by atoms with Crippen molar-refractivity contribution in [2.75, 3.05) is 48.5 Å². The average molecular weight is 418 g/mol. The summed E-state index contributed by atoms with van der Waals surface area (Å²) >= 11 is 0. The van der Waals surface area contributed by atoms with Gasteiger partial charge in [0.15, 0.2) is 0 Å². The third-order valence-electron chi connectivity index (χ3n) is 5.90. The fourth-order valence-corrected chi connectivity index (χ4v) is 4.26. The SMILES string of the molecule is COc1ccc2ccccc2c1C=NNc1nc(N2CCCC2)nc(N2CCCC2)n1. The Morgan fingerprint density at radius 1 is 0.871 bits per heavy atom. The number of ether oxygens (including phenoxy) is 1. The predicted molar refractivity (Wildman–Crippen MR) is 124 cm³/mol. The number of nitrogens with one attached hydrogen (secondary N) is 1. The van der Waals surface area contributed by atoms with Gasteiger partial charge in [-0.1, -0.05) is 30.3 Å². The lowest BCUT2D eigenvalue weighted by molar-refractivity contribution is 0.415. The molecular formula is C23H27N7O. The van der Waals surface area contributed by atoms with Crippen LogP contribution in [-0.4, -0.2) is 54.5 Å². The summed E-state index contributed by atoms with van der Waals surface area (Å²) in [6, 6.07) is 12.2. The monoisotopic (exact) mass is 417 g/mol. The van der Waals surface area contributed by atoms with Gasteiger partial charge in [-0.05, 0) is 42.5 Å². The van der Waals surface area contributed by atoms with Gasteiger partial charge >= 0.3 is 0 Å². The number of hydrogen-bond donors (Lipinski definition) is 1. The van der Waals surface area contributed by atoms with E-state index in [0.717, 1.165) is 60.2 Å². The normalized spacial score (nSPS) is 16.5. The Morgan fingerprint density at radius 3 is 2.16 bits per heavy atom. The van der Waals surface area contributed by atoms with E-state index >= 15 is 0 Å². The molecule has 2 aliphatic heterocycles. The molecule has 2 fully saturated rings. The summed E-state index contributed by atoms with van der Waals surface area (Å²) in [5.41, 5.74) is 3.95. The number of benzene rings is 2. The van der Waals surface area contributed by atoms with Gasteiger partial charge in [0, 0.05) is 31.7 Å². The van der Waals surface area contributed by atoms with Gasteiger partial charge in [-0.2, -0.15) is 20.1 Å². The van der Waals surface area contributed by atoms with Crippen LogP contribution < -0.4 is 20.0 Å². The van der Waals surface area contributed by atoms with Crippen LogP contribution >= 0.6 is 0 Å². The highest BCUT2D eigenvalue weighted by Gasteiger charge is 2.21. The smallest absolute Gasteiger partial charge is 0.250 e. The topological polar surface area (TPSA) is 78.8 Å². The number of anilines is 3. The summed E-state index contributed by atoms with van der Waals surface area (Å²) in [4.78, 5) is 18.5. The van der Waals surface area contributed by atoms with Gasteiger partial charge in [0.25, 0.3) is 0 Å². The Kier molecular flexibility index (Phi) is 5.52. The minimum absolute atomic E-state index is 0.467. The molecule has 160 valence electrons. The average Bonchev–Trinajstić information content (AvgIpc) is 3.53. The van der Waals surface area contributed by atoms with Gasteiger partial charge in [-0.25, -0.2) is 5.43 Å². The number of aromatic nitrogens is 3. The Hall–Kier alpha value is -3.42. The lowest BCUT2D eigenvalue weighted by atomic mass is 10.0. The summed E-state index contributed by atoms with van der Waals surface area (Å²) in [5, 5.41) is 6.68. The van der Waals surface area contributed by atoms with Crippen LogP contribution in [0.1, 0.15) is 31.2 Å². The van der Waals surface area contributed by atoms with E-state index < -0.39 is 0 Å². The van der Waals surface area contributed by atoms with E-state index in [4.69, 9.17) is 9.72 Å². The predicted octanol–water partition coefficient (Wildman–Crippen LogP) is 3.68. The van der Waals surface area contributed by atoms with E-state index in [2.05, 4.69) is 48.5 Å². The molecule has 3 aromatic rings. The molecule has 5 rings (SSSR count). The number of nitrogens with zero attached hydrogens (tertiary/aromatic N) is 6. The van der Waals surface area contributed by atoms with Gasteiger partial charge in [-0.3, -0.25) is 0 Å². The lowest BCUT2D eigenvalue weighted by Gasteiger charge is -2.20. The molecule has 0 atom stereocenters. The van der Waals surface area contributed by atoms with Crippen molar-refractivity contribution in [3.8, 4) is 5.75 Å². The Balaban J connectivity index is 1.44. The second-order valence-electron chi connectivity index (χ2n) is 7.92. The van der Waals surface area contributed by atoms with E-state index in [1.165, 1.54) is 25.7 Å². The van der Waals surface area contributed by atoms with E-state index in [9.17, 15) is 0 Å². The van der Waals surface area contributed by atoms with Crippen molar-refractivity contribution in [2.24, 2.45) is 5.10 Å². The summed E-state index contributed by atoms with van der Waals surface area (Å²) in [6.45, 7) is 3.94. The fourth-order valence-electron chi connectivity index (χ4n) is 4.26. The molecule has 1 aromatic heterocycles. The van der Waals surface area contributed by atoms with E-state index in [-0.39, 0.29) is 0 Å². The van der Waals surface area contributed by atoms with Gasteiger partial charge in [0.2, 0.25) is 17.8 Å². The Morgan fingerprint density at radius 2 is 1.52 bits per heavy atom. The third-order valence-corrected chi connectivity index (χ3v) is 5.90. The molecule has 0 saturated carbocycles. The Bertz CT molecular complexity index is 1050. The van der Waals surface area contributed by atoms with Gasteiger partial charge in [-0.15, -0.1) is 0 Å². The molecule has 3 heterocycles. The number of fused-ring (bicyclic) bond motifs is 1. The molecule has 8 nitrogen and oxygen atoms in total. The van der Waals surface area contributed by atoms with Crippen molar-refractivity contribution in [3.05, 3.63) is 42.0 Å². The van der Waals surface area contributed by atoms with Crippen LogP contribution in [0.25, 0.3) is 10.8 Å². The third kappa shape index (κ3) is 4.10. The molecule has 0 bridgehead atoms. The zero-order chi connectivity index (χ0) is 21.0. The molecule has 0 radical (unpaired) electrons. The number of methoxy groups -OCH3 is 1. The van der Waals surface area contributed by atoms with Crippen LogP contribution in [0.2, 0.25) is 0 Å². The highest BCUT2D eigenvalue weighted by Crippen LogP contribution is 2.27. The maximum Gasteiger partial charge on any atom is 0.250 e. The molecule has 1 N–H and O–H groups in total. The van der Waals surface area contributed by atoms with Crippen molar-refractivity contribution in [2.45, 2.75) is 25.7 Å². The largest absolute Gasteiger partial charge is 0.496 e. The number of hydrogen-bond acceptors (Lipinski definition) is 8. The van der Waals surface area contributed by atoms with Crippen molar-refractivity contribution < 1.29 is 4.74 Å². The fraction of sp³-hybridized carbons (Fsp3) is 0.391. The summed E-state index contributed by atoms with van der Waals surface area (Å²) in [5.74, 6) is 2.70. The molecule has 2 aromatic carbocycles. The van der Waals surface area contributed by atoms with E-state index in [1.807, 2.05) is 18.2 Å². The summed E-state index contributed by atoms with van der Waals surface area (Å²) < 4.78 is 5.56. The minimum atomic E-state index is 0.467. The van der Waals surface area contributed by atoms with E-state index in [0.29, 0.717) is 5.95 Å². The molecule has 0 spiro atoms. The highest BCUT2D eigenvalue weighted by molar-refractivity contribution is 6.02. The van der Waals surface area contributed by atoms with Crippen LogP contribution in [0.15, 0.2) is 41.5 Å². The second kappa shape index (κ2) is 8.75. The molecule has 2 saturated heterocycles. The maximum atomic E-state index is 5.56. The molecule has 31 heavy (non-hydrogen) atoms.